The van der Waals surface area contributed by atoms with Gasteiger partial charge in [0.25, 0.3) is 0 Å². The lowest BCUT2D eigenvalue weighted by Gasteiger charge is -2.03. The number of rotatable bonds is 3. The van der Waals surface area contributed by atoms with Crippen LogP contribution in [0.25, 0.3) is 0 Å². The highest BCUT2D eigenvalue weighted by atomic mass is 16.5. The van der Waals surface area contributed by atoms with E-state index in [0.29, 0.717) is 11.3 Å². The third-order valence-electron chi connectivity index (χ3n) is 1.71. The zero-order valence-corrected chi connectivity index (χ0v) is 8.07. The number of esters is 1. The molecule has 1 aromatic carbocycles. The van der Waals surface area contributed by atoms with Gasteiger partial charge in [-0.2, -0.15) is 0 Å². The van der Waals surface area contributed by atoms with Gasteiger partial charge in [-0.05, 0) is 31.2 Å². The molecule has 0 bridgehead atoms. The standard InChI is InChI=1S/C12H12O2/c1-3-11(4-2)14-12(13)10-8-6-5-7-9-10/h3-9H,1H2,2H3. The van der Waals surface area contributed by atoms with Crippen molar-refractivity contribution in [1.29, 1.82) is 0 Å². The lowest BCUT2D eigenvalue weighted by Crippen LogP contribution is -2.03. The van der Waals surface area contributed by atoms with Gasteiger partial charge in [-0.15, -0.1) is 0 Å². The fraction of sp³-hybridized carbons (Fsp3) is 0.0833. The first-order valence-corrected chi connectivity index (χ1v) is 4.34. The average Bonchev–Trinajstić information content (AvgIpc) is 2.26. The Morgan fingerprint density at radius 2 is 2.00 bits per heavy atom. The maximum absolute atomic E-state index is 11.5. The number of hydrogen-bond acceptors (Lipinski definition) is 2. The summed E-state index contributed by atoms with van der Waals surface area (Å²) in [7, 11) is 0. The Morgan fingerprint density at radius 3 is 2.50 bits per heavy atom. The number of carbonyl (C=O) groups is 1. The highest BCUT2D eigenvalue weighted by molar-refractivity contribution is 5.90. The van der Waals surface area contributed by atoms with Gasteiger partial charge in [-0.1, -0.05) is 24.8 Å². The monoisotopic (exact) mass is 188 g/mol. The van der Waals surface area contributed by atoms with Crippen molar-refractivity contribution < 1.29 is 9.53 Å². The lowest BCUT2D eigenvalue weighted by molar-refractivity contribution is 0.0636. The van der Waals surface area contributed by atoms with Crippen molar-refractivity contribution in [2.45, 2.75) is 6.92 Å². The first kappa shape index (κ1) is 10.3. The predicted molar refractivity (Wildman–Crippen MR) is 55.8 cm³/mol. The van der Waals surface area contributed by atoms with Gasteiger partial charge in [0.2, 0.25) is 0 Å². The fourth-order valence-corrected chi connectivity index (χ4v) is 0.959. The molecule has 1 rings (SSSR count). The molecule has 0 aromatic heterocycles. The summed E-state index contributed by atoms with van der Waals surface area (Å²) in [6, 6.07) is 8.85. The van der Waals surface area contributed by atoms with E-state index in [1.807, 2.05) is 6.07 Å². The van der Waals surface area contributed by atoms with Crippen LogP contribution in [0.1, 0.15) is 17.3 Å². The summed E-state index contributed by atoms with van der Waals surface area (Å²) in [5, 5.41) is 0. The molecule has 72 valence electrons. The van der Waals surface area contributed by atoms with Gasteiger partial charge in [0.05, 0.1) is 5.56 Å². The molecule has 1 aromatic rings. The summed E-state index contributed by atoms with van der Waals surface area (Å²) in [6.07, 6.45) is 3.19. The highest BCUT2D eigenvalue weighted by Gasteiger charge is 2.06. The van der Waals surface area contributed by atoms with E-state index in [-0.39, 0.29) is 5.97 Å². The second-order valence-electron chi connectivity index (χ2n) is 2.65. The summed E-state index contributed by atoms with van der Waals surface area (Å²) in [5.41, 5.74) is 0.536. The predicted octanol–water partition coefficient (Wildman–Crippen LogP) is 2.93. The van der Waals surface area contributed by atoms with Crippen molar-refractivity contribution in [3.8, 4) is 0 Å². The van der Waals surface area contributed by atoms with E-state index >= 15 is 0 Å². The number of benzene rings is 1. The molecule has 2 nitrogen and oxygen atoms in total. The molecule has 0 atom stereocenters. The van der Waals surface area contributed by atoms with Gasteiger partial charge in [0.1, 0.15) is 5.76 Å². The maximum atomic E-state index is 11.5. The van der Waals surface area contributed by atoms with E-state index in [0.717, 1.165) is 0 Å². The molecule has 0 aliphatic heterocycles. The Balaban J connectivity index is 2.73. The molecule has 2 heteroatoms. The van der Waals surface area contributed by atoms with Crippen molar-refractivity contribution in [2.75, 3.05) is 0 Å². The van der Waals surface area contributed by atoms with Crippen LogP contribution < -0.4 is 0 Å². The van der Waals surface area contributed by atoms with Crippen LogP contribution in [0.2, 0.25) is 0 Å². The Labute approximate surface area is 83.5 Å². The number of hydrogen-bond donors (Lipinski definition) is 0. The summed E-state index contributed by atoms with van der Waals surface area (Å²) in [4.78, 5) is 11.5. The van der Waals surface area contributed by atoms with Crippen molar-refractivity contribution >= 4 is 5.97 Å². The maximum Gasteiger partial charge on any atom is 0.343 e. The molecular formula is C12H12O2. The average molecular weight is 188 g/mol. The van der Waals surface area contributed by atoms with Crippen LogP contribution in [0.5, 0.6) is 0 Å². The van der Waals surface area contributed by atoms with E-state index < -0.39 is 0 Å². The molecule has 0 fully saturated rings. The quantitative estimate of drug-likeness (QED) is 0.414. The number of allylic oxidation sites excluding steroid dienone is 2. The number of carbonyl (C=O) groups excluding carboxylic acids is 1. The third kappa shape index (κ3) is 2.59. The van der Waals surface area contributed by atoms with Crippen LogP contribution in [-0.2, 0) is 4.74 Å². The van der Waals surface area contributed by atoms with Gasteiger partial charge >= 0.3 is 5.97 Å². The van der Waals surface area contributed by atoms with Crippen LogP contribution in [0.3, 0.4) is 0 Å². The normalized spacial score (nSPS) is 10.8. The molecule has 0 amide bonds. The Bertz CT molecular complexity index is 350. The minimum Gasteiger partial charge on any atom is -0.423 e. The zero-order valence-electron chi connectivity index (χ0n) is 8.07. The topological polar surface area (TPSA) is 26.3 Å². The fourth-order valence-electron chi connectivity index (χ4n) is 0.959. The van der Waals surface area contributed by atoms with E-state index in [2.05, 4.69) is 6.58 Å². The Hall–Kier alpha value is -1.83. The molecule has 0 aliphatic carbocycles. The molecule has 0 saturated heterocycles. The number of ether oxygens (including phenoxy) is 1. The Morgan fingerprint density at radius 1 is 1.36 bits per heavy atom. The second-order valence-corrected chi connectivity index (χ2v) is 2.65. The van der Waals surface area contributed by atoms with E-state index in [1.54, 1.807) is 37.3 Å². The summed E-state index contributed by atoms with van der Waals surface area (Å²) in [5.74, 6) is 0.109. The molecule has 0 aliphatic rings. The summed E-state index contributed by atoms with van der Waals surface area (Å²) < 4.78 is 5.04. The van der Waals surface area contributed by atoms with Gasteiger partial charge < -0.3 is 4.74 Å². The Kier molecular flexibility index (Phi) is 3.68. The van der Waals surface area contributed by atoms with Crippen molar-refractivity contribution in [3.05, 3.63) is 60.4 Å². The molecule has 0 saturated carbocycles. The summed E-state index contributed by atoms with van der Waals surface area (Å²) in [6.45, 7) is 5.32. The van der Waals surface area contributed by atoms with E-state index in [9.17, 15) is 4.79 Å². The second kappa shape index (κ2) is 5.02. The molecule has 0 heterocycles. The van der Waals surface area contributed by atoms with E-state index in [4.69, 9.17) is 4.74 Å². The SMILES string of the molecule is C=CC(=CC)OC(=O)c1ccccc1. The van der Waals surface area contributed by atoms with Crippen LogP contribution in [0, 0.1) is 0 Å². The largest absolute Gasteiger partial charge is 0.423 e. The van der Waals surface area contributed by atoms with Crippen LogP contribution in [-0.4, -0.2) is 5.97 Å². The van der Waals surface area contributed by atoms with Crippen LogP contribution in [0.15, 0.2) is 54.8 Å². The molecule has 14 heavy (non-hydrogen) atoms. The minimum absolute atomic E-state index is 0.362. The van der Waals surface area contributed by atoms with Gasteiger partial charge in [-0.25, -0.2) is 4.79 Å². The summed E-state index contributed by atoms with van der Waals surface area (Å²) >= 11 is 0. The smallest absolute Gasteiger partial charge is 0.343 e. The highest BCUT2D eigenvalue weighted by Crippen LogP contribution is 2.06. The van der Waals surface area contributed by atoms with E-state index in [1.165, 1.54) is 6.08 Å². The first-order valence-electron chi connectivity index (χ1n) is 4.34. The zero-order chi connectivity index (χ0) is 10.4. The van der Waals surface area contributed by atoms with Gasteiger partial charge in [0, 0.05) is 0 Å². The minimum atomic E-state index is -0.362. The van der Waals surface area contributed by atoms with Gasteiger partial charge in [-0.3, -0.25) is 0 Å². The van der Waals surface area contributed by atoms with Crippen molar-refractivity contribution in [3.63, 3.8) is 0 Å². The van der Waals surface area contributed by atoms with Crippen LogP contribution >= 0.6 is 0 Å². The van der Waals surface area contributed by atoms with Crippen molar-refractivity contribution in [1.82, 2.24) is 0 Å². The van der Waals surface area contributed by atoms with Crippen LogP contribution in [0.4, 0.5) is 0 Å². The molecule has 0 N–H and O–H groups in total. The van der Waals surface area contributed by atoms with Crippen molar-refractivity contribution in [2.24, 2.45) is 0 Å². The third-order valence-corrected chi connectivity index (χ3v) is 1.71. The lowest BCUT2D eigenvalue weighted by atomic mass is 10.2. The molecular weight excluding hydrogens is 176 g/mol. The molecule has 0 spiro atoms. The first-order chi connectivity index (χ1) is 6.77. The molecule has 0 unspecified atom stereocenters. The van der Waals surface area contributed by atoms with Gasteiger partial charge in [0.15, 0.2) is 0 Å². The molecule has 0 radical (unpaired) electrons.